The van der Waals surface area contributed by atoms with Crippen LogP contribution in [-0.4, -0.2) is 41.4 Å². The van der Waals surface area contributed by atoms with Crippen LogP contribution in [0.2, 0.25) is 0 Å². The van der Waals surface area contributed by atoms with Crippen molar-refractivity contribution in [2.75, 3.05) is 26.7 Å². The molecular weight excluding hydrogens is 244 g/mol. The molecule has 0 radical (unpaired) electrons. The average Bonchev–Trinajstić information content (AvgIpc) is 2.46. The Bertz CT molecular complexity index is 323. The molecule has 1 aliphatic heterocycles. The Morgan fingerprint density at radius 3 is 2.93 bits per heavy atom. The second-order valence-electron chi connectivity index (χ2n) is 3.72. The van der Waals surface area contributed by atoms with Crippen LogP contribution in [0, 0.1) is 0 Å². The van der Waals surface area contributed by atoms with Crippen LogP contribution in [0.5, 0.6) is 0 Å². The van der Waals surface area contributed by atoms with E-state index in [1.807, 2.05) is 11.7 Å². The Morgan fingerprint density at radius 2 is 2.36 bits per heavy atom. The fourth-order valence-corrected chi connectivity index (χ4v) is 2.37. The van der Waals surface area contributed by atoms with Crippen molar-refractivity contribution in [3.63, 3.8) is 0 Å². The summed E-state index contributed by atoms with van der Waals surface area (Å²) < 4.78 is 2.85. The molecule has 0 aliphatic carbocycles. The van der Waals surface area contributed by atoms with Crippen LogP contribution in [0.15, 0.2) is 10.7 Å². The van der Waals surface area contributed by atoms with Crippen molar-refractivity contribution in [1.82, 2.24) is 20.0 Å². The number of halogens is 1. The highest BCUT2D eigenvalue weighted by molar-refractivity contribution is 9.10. The van der Waals surface area contributed by atoms with E-state index in [1.165, 1.54) is 5.69 Å². The van der Waals surface area contributed by atoms with E-state index < -0.39 is 0 Å². The van der Waals surface area contributed by atoms with Crippen LogP contribution < -0.4 is 5.32 Å². The van der Waals surface area contributed by atoms with Gasteiger partial charge in [0.15, 0.2) is 0 Å². The molecule has 1 aromatic rings. The lowest BCUT2D eigenvalue weighted by molar-refractivity contribution is 0.194. The molecule has 1 saturated heterocycles. The summed E-state index contributed by atoms with van der Waals surface area (Å²) in [5.74, 6) is 0. The van der Waals surface area contributed by atoms with Crippen LogP contribution in [0.4, 0.5) is 0 Å². The van der Waals surface area contributed by atoms with Crippen LogP contribution in [-0.2, 0) is 7.05 Å². The molecule has 2 heterocycles. The normalized spacial score (nSPS) is 24.1. The van der Waals surface area contributed by atoms with Crippen LogP contribution >= 0.6 is 15.9 Å². The lowest BCUT2D eigenvalue weighted by Crippen LogP contribution is -2.44. The zero-order valence-corrected chi connectivity index (χ0v) is 10.1. The zero-order chi connectivity index (χ0) is 10.1. The highest BCUT2D eigenvalue weighted by Gasteiger charge is 2.23. The van der Waals surface area contributed by atoms with Gasteiger partial charge in [-0.25, -0.2) is 0 Å². The molecule has 78 valence electrons. The Labute approximate surface area is 92.4 Å². The zero-order valence-electron chi connectivity index (χ0n) is 8.50. The van der Waals surface area contributed by atoms with Gasteiger partial charge in [-0.15, -0.1) is 0 Å². The number of nitrogens with zero attached hydrogens (tertiary/aromatic N) is 3. The summed E-state index contributed by atoms with van der Waals surface area (Å²) in [6.45, 7) is 3.17. The van der Waals surface area contributed by atoms with Gasteiger partial charge in [-0.05, 0) is 29.0 Å². The van der Waals surface area contributed by atoms with E-state index in [1.54, 1.807) is 0 Å². The van der Waals surface area contributed by atoms with Crippen molar-refractivity contribution >= 4 is 15.9 Å². The Hall–Kier alpha value is -0.390. The van der Waals surface area contributed by atoms with Crippen molar-refractivity contribution < 1.29 is 0 Å². The first-order chi connectivity index (χ1) is 6.68. The topological polar surface area (TPSA) is 33.1 Å². The SMILES string of the molecule is CN1CCNCC1c1cc(Br)nn1C. The number of aryl methyl sites for hydroxylation is 1. The van der Waals surface area contributed by atoms with E-state index in [-0.39, 0.29) is 0 Å². The van der Waals surface area contributed by atoms with Crippen molar-refractivity contribution in [3.8, 4) is 0 Å². The first kappa shape index (κ1) is 10.1. The lowest BCUT2D eigenvalue weighted by Gasteiger charge is -2.32. The van der Waals surface area contributed by atoms with Gasteiger partial charge < -0.3 is 5.32 Å². The summed E-state index contributed by atoms with van der Waals surface area (Å²) in [7, 11) is 4.15. The molecule has 5 heteroatoms. The summed E-state index contributed by atoms with van der Waals surface area (Å²) in [5.41, 5.74) is 1.26. The van der Waals surface area contributed by atoms with Gasteiger partial charge in [0.1, 0.15) is 4.60 Å². The molecule has 1 unspecified atom stereocenters. The first-order valence-corrected chi connectivity index (χ1v) is 5.58. The smallest absolute Gasteiger partial charge is 0.128 e. The van der Waals surface area contributed by atoms with E-state index in [2.05, 4.69) is 44.4 Å². The molecule has 0 aromatic carbocycles. The Balaban J connectivity index is 2.24. The number of rotatable bonds is 1. The predicted octanol–water partition coefficient (Wildman–Crippen LogP) is 0.759. The molecule has 1 fully saturated rings. The molecule has 1 N–H and O–H groups in total. The van der Waals surface area contributed by atoms with E-state index in [0.29, 0.717) is 6.04 Å². The second kappa shape index (κ2) is 4.00. The molecular formula is C9H15BrN4. The van der Waals surface area contributed by atoms with Gasteiger partial charge in [-0.3, -0.25) is 9.58 Å². The minimum absolute atomic E-state index is 0.438. The number of aromatic nitrogens is 2. The van der Waals surface area contributed by atoms with Crippen LogP contribution in [0.3, 0.4) is 0 Å². The van der Waals surface area contributed by atoms with Gasteiger partial charge in [-0.1, -0.05) is 0 Å². The van der Waals surface area contributed by atoms with Gasteiger partial charge in [0.05, 0.1) is 11.7 Å². The number of hydrogen-bond donors (Lipinski definition) is 1. The first-order valence-electron chi connectivity index (χ1n) is 4.79. The fraction of sp³-hybridized carbons (Fsp3) is 0.667. The third kappa shape index (κ3) is 1.85. The number of likely N-dealkylation sites (N-methyl/N-ethyl adjacent to an activating group) is 1. The molecule has 4 nitrogen and oxygen atoms in total. The summed E-state index contributed by atoms with van der Waals surface area (Å²) >= 11 is 3.40. The molecule has 2 rings (SSSR count). The lowest BCUT2D eigenvalue weighted by atomic mass is 10.1. The highest BCUT2D eigenvalue weighted by atomic mass is 79.9. The summed E-state index contributed by atoms with van der Waals surface area (Å²) in [6.07, 6.45) is 0. The van der Waals surface area contributed by atoms with E-state index in [0.717, 1.165) is 24.2 Å². The average molecular weight is 259 g/mol. The molecule has 0 saturated carbocycles. The predicted molar refractivity (Wildman–Crippen MR) is 59.1 cm³/mol. The maximum Gasteiger partial charge on any atom is 0.128 e. The van der Waals surface area contributed by atoms with E-state index in [4.69, 9.17) is 0 Å². The molecule has 0 spiro atoms. The van der Waals surface area contributed by atoms with Gasteiger partial charge in [0.25, 0.3) is 0 Å². The molecule has 1 aliphatic rings. The fourth-order valence-electron chi connectivity index (χ4n) is 1.89. The maximum absolute atomic E-state index is 4.30. The third-order valence-corrected chi connectivity index (χ3v) is 3.13. The van der Waals surface area contributed by atoms with Gasteiger partial charge in [0, 0.05) is 26.7 Å². The number of piperazine rings is 1. The van der Waals surface area contributed by atoms with Gasteiger partial charge in [-0.2, -0.15) is 5.10 Å². The summed E-state index contributed by atoms with van der Waals surface area (Å²) in [4.78, 5) is 2.36. The maximum atomic E-state index is 4.30. The van der Waals surface area contributed by atoms with E-state index >= 15 is 0 Å². The second-order valence-corrected chi connectivity index (χ2v) is 4.53. The highest BCUT2D eigenvalue weighted by Crippen LogP contribution is 2.22. The molecule has 14 heavy (non-hydrogen) atoms. The monoisotopic (exact) mass is 258 g/mol. The van der Waals surface area contributed by atoms with Gasteiger partial charge >= 0.3 is 0 Å². The van der Waals surface area contributed by atoms with E-state index in [9.17, 15) is 0 Å². The van der Waals surface area contributed by atoms with Crippen molar-refractivity contribution in [1.29, 1.82) is 0 Å². The molecule has 0 bridgehead atoms. The minimum atomic E-state index is 0.438. The van der Waals surface area contributed by atoms with Crippen molar-refractivity contribution in [3.05, 3.63) is 16.4 Å². The minimum Gasteiger partial charge on any atom is -0.313 e. The van der Waals surface area contributed by atoms with Gasteiger partial charge in [0.2, 0.25) is 0 Å². The summed E-state index contributed by atoms with van der Waals surface area (Å²) in [5, 5.41) is 7.70. The Kier molecular flexibility index (Phi) is 2.90. The van der Waals surface area contributed by atoms with Crippen LogP contribution in [0.25, 0.3) is 0 Å². The molecule has 1 aromatic heterocycles. The van der Waals surface area contributed by atoms with Crippen molar-refractivity contribution in [2.24, 2.45) is 7.05 Å². The number of nitrogens with one attached hydrogen (secondary N) is 1. The Morgan fingerprint density at radius 1 is 1.57 bits per heavy atom. The molecule has 1 atom stereocenters. The standard InChI is InChI=1S/C9H15BrN4/c1-13-4-3-11-6-8(13)7-5-9(10)12-14(7)2/h5,8,11H,3-4,6H2,1-2H3. The van der Waals surface area contributed by atoms with Crippen molar-refractivity contribution in [2.45, 2.75) is 6.04 Å². The summed E-state index contributed by atoms with van der Waals surface area (Å²) in [6, 6.07) is 2.53. The van der Waals surface area contributed by atoms with Crippen LogP contribution in [0.1, 0.15) is 11.7 Å². The number of hydrogen-bond acceptors (Lipinski definition) is 3. The molecule has 0 amide bonds. The largest absolute Gasteiger partial charge is 0.313 e. The third-order valence-electron chi connectivity index (χ3n) is 2.74. The quantitative estimate of drug-likeness (QED) is 0.808.